The number of anilines is 1. The molecule has 0 saturated carbocycles. The van der Waals surface area contributed by atoms with Gasteiger partial charge < -0.3 is 11.1 Å². The quantitative estimate of drug-likeness (QED) is 0.694. The van der Waals surface area contributed by atoms with E-state index in [2.05, 4.69) is 15.5 Å². The molecule has 1 aromatic heterocycles. The molecular formula is C10H18N4. The molecule has 0 fully saturated rings. The second kappa shape index (κ2) is 5.54. The van der Waals surface area contributed by atoms with Crippen molar-refractivity contribution < 1.29 is 0 Å². The van der Waals surface area contributed by atoms with Crippen LogP contribution < -0.4 is 11.1 Å². The first kappa shape index (κ1) is 10.9. The molecule has 0 aliphatic carbocycles. The Bertz CT molecular complexity index is 273. The van der Waals surface area contributed by atoms with Crippen molar-refractivity contribution in [3.8, 4) is 0 Å². The van der Waals surface area contributed by atoms with E-state index in [1.54, 1.807) is 6.20 Å². The molecule has 1 atom stereocenters. The lowest BCUT2D eigenvalue weighted by molar-refractivity contribution is 0.638. The van der Waals surface area contributed by atoms with E-state index in [0.717, 1.165) is 30.8 Å². The van der Waals surface area contributed by atoms with E-state index in [1.165, 1.54) is 0 Å². The molecule has 3 N–H and O–H groups in total. The Kier molecular flexibility index (Phi) is 4.32. The highest BCUT2D eigenvalue weighted by atomic mass is 15.2. The normalized spacial score (nSPS) is 12.5. The van der Waals surface area contributed by atoms with Gasteiger partial charge in [0.25, 0.3) is 0 Å². The Balaban J connectivity index is 2.25. The standard InChI is InChI=1S/C10H18N4/c1-8-6-10(14-13-7-8)12-5-3-4-9(2)11/h6-7,9H,3-5,11H2,1-2H3,(H,12,14). The van der Waals surface area contributed by atoms with Crippen LogP contribution in [0.4, 0.5) is 5.82 Å². The summed E-state index contributed by atoms with van der Waals surface area (Å²) in [5, 5.41) is 11.0. The second-order valence-corrected chi connectivity index (χ2v) is 3.66. The van der Waals surface area contributed by atoms with Gasteiger partial charge in [0.15, 0.2) is 0 Å². The lowest BCUT2D eigenvalue weighted by atomic mass is 10.2. The van der Waals surface area contributed by atoms with Gasteiger partial charge in [0.1, 0.15) is 5.82 Å². The molecule has 1 rings (SSSR count). The van der Waals surface area contributed by atoms with Crippen LogP contribution in [0, 0.1) is 6.92 Å². The Morgan fingerprint density at radius 2 is 2.36 bits per heavy atom. The summed E-state index contributed by atoms with van der Waals surface area (Å²) in [6.45, 7) is 4.92. The Morgan fingerprint density at radius 1 is 1.57 bits per heavy atom. The van der Waals surface area contributed by atoms with Gasteiger partial charge in [-0.3, -0.25) is 0 Å². The van der Waals surface area contributed by atoms with Crippen LogP contribution in [0.15, 0.2) is 12.3 Å². The number of nitrogens with zero attached hydrogens (tertiary/aromatic N) is 2. The monoisotopic (exact) mass is 194 g/mol. The number of aryl methyl sites for hydroxylation is 1. The van der Waals surface area contributed by atoms with Gasteiger partial charge in [-0.2, -0.15) is 5.10 Å². The molecule has 0 aliphatic heterocycles. The fourth-order valence-electron chi connectivity index (χ4n) is 1.19. The molecule has 14 heavy (non-hydrogen) atoms. The lowest BCUT2D eigenvalue weighted by Crippen LogP contribution is -2.16. The van der Waals surface area contributed by atoms with Crippen LogP contribution in [-0.4, -0.2) is 22.8 Å². The third-order valence-corrected chi connectivity index (χ3v) is 1.93. The number of rotatable bonds is 5. The summed E-state index contributed by atoms with van der Waals surface area (Å²) in [5.41, 5.74) is 6.76. The smallest absolute Gasteiger partial charge is 0.148 e. The molecule has 4 nitrogen and oxygen atoms in total. The summed E-state index contributed by atoms with van der Waals surface area (Å²) >= 11 is 0. The zero-order valence-corrected chi connectivity index (χ0v) is 8.83. The summed E-state index contributed by atoms with van der Waals surface area (Å²) < 4.78 is 0. The van der Waals surface area contributed by atoms with Crippen molar-refractivity contribution in [3.63, 3.8) is 0 Å². The molecule has 0 saturated heterocycles. The van der Waals surface area contributed by atoms with Crippen molar-refractivity contribution in [2.24, 2.45) is 5.73 Å². The minimum Gasteiger partial charge on any atom is -0.369 e. The summed E-state index contributed by atoms with van der Waals surface area (Å²) in [5.74, 6) is 0.842. The maximum absolute atomic E-state index is 5.64. The average Bonchev–Trinajstić information content (AvgIpc) is 2.12. The second-order valence-electron chi connectivity index (χ2n) is 3.66. The van der Waals surface area contributed by atoms with Gasteiger partial charge in [-0.05, 0) is 38.3 Å². The minimum atomic E-state index is 0.278. The summed E-state index contributed by atoms with van der Waals surface area (Å²) in [6, 6.07) is 2.26. The number of aromatic nitrogens is 2. The van der Waals surface area contributed by atoms with E-state index in [-0.39, 0.29) is 6.04 Å². The van der Waals surface area contributed by atoms with Crippen LogP contribution >= 0.6 is 0 Å². The van der Waals surface area contributed by atoms with E-state index < -0.39 is 0 Å². The van der Waals surface area contributed by atoms with Crippen molar-refractivity contribution in [3.05, 3.63) is 17.8 Å². The van der Waals surface area contributed by atoms with Crippen molar-refractivity contribution >= 4 is 5.82 Å². The van der Waals surface area contributed by atoms with E-state index in [0.29, 0.717) is 0 Å². The molecule has 0 amide bonds. The van der Waals surface area contributed by atoms with Gasteiger partial charge in [-0.1, -0.05) is 0 Å². The molecule has 0 spiro atoms. The van der Waals surface area contributed by atoms with E-state index in [1.807, 2.05) is 19.9 Å². The molecule has 0 aliphatic rings. The predicted molar refractivity (Wildman–Crippen MR) is 58.1 cm³/mol. The van der Waals surface area contributed by atoms with Gasteiger partial charge in [0.05, 0.1) is 6.20 Å². The molecule has 1 unspecified atom stereocenters. The largest absolute Gasteiger partial charge is 0.369 e. The fraction of sp³-hybridized carbons (Fsp3) is 0.600. The lowest BCUT2D eigenvalue weighted by Gasteiger charge is -2.06. The predicted octanol–water partition coefficient (Wildman–Crippen LogP) is 1.32. The molecule has 0 bridgehead atoms. The van der Waals surface area contributed by atoms with Crippen LogP contribution in [0.2, 0.25) is 0 Å². The fourth-order valence-corrected chi connectivity index (χ4v) is 1.19. The Morgan fingerprint density at radius 3 is 3.00 bits per heavy atom. The minimum absolute atomic E-state index is 0.278. The molecule has 1 heterocycles. The topological polar surface area (TPSA) is 63.8 Å². The van der Waals surface area contributed by atoms with Gasteiger partial charge in [0.2, 0.25) is 0 Å². The first-order chi connectivity index (χ1) is 6.68. The van der Waals surface area contributed by atoms with Crippen LogP contribution in [-0.2, 0) is 0 Å². The van der Waals surface area contributed by atoms with E-state index >= 15 is 0 Å². The van der Waals surface area contributed by atoms with Crippen molar-refractivity contribution in [2.45, 2.75) is 32.7 Å². The first-order valence-electron chi connectivity index (χ1n) is 4.97. The number of nitrogens with two attached hydrogens (primary N) is 1. The van der Waals surface area contributed by atoms with Gasteiger partial charge in [-0.15, -0.1) is 5.10 Å². The Labute approximate surface area is 84.9 Å². The maximum Gasteiger partial charge on any atom is 0.148 e. The van der Waals surface area contributed by atoms with Crippen molar-refractivity contribution in [1.82, 2.24) is 10.2 Å². The molecule has 4 heteroatoms. The summed E-state index contributed by atoms with van der Waals surface area (Å²) in [6.07, 6.45) is 3.84. The van der Waals surface area contributed by atoms with Gasteiger partial charge in [0, 0.05) is 12.6 Å². The zero-order valence-electron chi connectivity index (χ0n) is 8.83. The highest BCUT2D eigenvalue weighted by molar-refractivity contribution is 5.34. The van der Waals surface area contributed by atoms with E-state index in [9.17, 15) is 0 Å². The number of hydrogen-bond donors (Lipinski definition) is 2. The van der Waals surface area contributed by atoms with Crippen molar-refractivity contribution in [1.29, 1.82) is 0 Å². The molecule has 78 valence electrons. The number of hydrogen-bond acceptors (Lipinski definition) is 4. The average molecular weight is 194 g/mol. The SMILES string of the molecule is Cc1cnnc(NCCCC(C)N)c1. The summed E-state index contributed by atoms with van der Waals surface area (Å²) in [7, 11) is 0. The van der Waals surface area contributed by atoms with E-state index in [4.69, 9.17) is 5.73 Å². The first-order valence-corrected chi connectivity index (χ1v) is 4.97. The van der Waals surface area contributed by atoms with Crippen LogP contribution in [0.5, 0.6) is 0 Å². The highest BCUT2D eigenvalue weighted by Crippen LogP contribution is 2.03. The third kappa shape index (κ3) is 4.18. The van der Waals surface area contributed by atoms with Crippen LogP contribution in [0.1, 0.15) is 25.3 Å². The molecule has 0 aromatic carbocycles. The molecule has 1 aromatic rings. The molecule has 0 radical (unpaired) electrons. The van der Waals surface area contributed by atoms with Crippen molar-refractivity contribution in [2.75, 3.05) is 11.9 Å². The highest BCUT2D eigenvalue weighted by Gasteiger charge is 1.96. The zero-order chi connectivity index (χ0) is 10.4. The maximum atomic E-state index is 5.64. The summed E-state index contributed by atoms with van der Waals surface area (Å²) in [4.78, 5) is 0. The number of nitrogens with one attached hydrogen (secondary N) is 1. The van der Waals surface area contributed by atoms with Gasteiger partial charge in [-0.25, -0.2) is 0 Å². The Hall–Kier alpha value is -1.16. The van der Waals surface area contributed by atoms with Gasteiger partial charge >= 0.3 is 0 Å². The molecular weight excluding hydrogens is 176 g/mol. The third-order valence-electron chi connectivity index (χ3n) is 1.93. The van der Waals surface area contributed by atoms with Crippen LogP contribution in [0.3, 0.4) is 0 Å². The van der Waals surface area contributed by atoms with Crippen LogP contribution in [0.25, 0.3) is 0 Å².